The van der Waals surface area contributed by atoms with Gasteiger partial charge >= 0.3 is 13.7 Å². The normalized spacial score (nSPS) is 10.8. The zero-order valence-corrected chi connectivity index (χ0v) is 10.9. The molecule has 0 spiro atoms. The topological polar surface area (TPSA) is 113 Å². The molecule has 3 N–H and O–H groups in total. The molecular formula is C11H14NO6P. The van der Waals surface area contributed by atoms with Crippen LogP contribution in [0.25, 0.3) is 0 Å². The molecule has 0 unspecified atom stereocenters. The minimum absolute atomic E-state index is 0.0549. The van der Waals surface area contributed by atoms with E-state index in [1.807, 2.05) is 6.07 Å². The Balaban J connectivity index is 2.25. The monoisotopic (exact) mass is 287 g/mol. The van der Waals surface area contributed by atoms with Crippen LogP contribution in [0.15, 0.2) is 30.3 Å². The van der Waals surface area contributed by atoms with Gasteiger partial charge in [-0.25, -0.2) is 4.79 Å². The largest absolute Gasteiger partial charge is 0.445 e. The second kappa shape index (κ2) is 7.04. The molecule has 1 rings (SSSR count). The molecule has 104 valence electrons. The molecule has 0 heterocycles. The van der Waals surface area contributed by atoms with Gasteiger partial charge in [0.15, 0.2) is 5.78 Å². The van der Waals surface area contributed by atoms with E-state index >= 15 is 0 Å². The molecule has 1 aromatic rings. The van der Waals surface area contributed by atoms with Crippen LogP contribution in [-0.4, -0.2) is 34.4 Å². The second-order valence-electron chi connectivity index (χ2n) is 3.78. The third-order valence-electron chi connectivity index (χ3n) is 2.02. The van der Waals surface area contributed by atoms with Gasteiger partial charge in [-0.2, -0.15) is 0 Å². The molecule has 0 radical (unpaired) electrons. The number of carbonyl (C=O) groups excluding carboxylic acids is 2. The van der Waals surface area contributed by atoms with Crippen molar-refractivity contribution in [2.75, 3.05) is 12.7 Å². The lowest BCUT2D eigenvalue weighted by Crippen LogP contribution is -2.31. The predicted octanol–water partition coefficient (Wildman–Crippen LogP) is 0.660. The fraction of sp³-hybridized carbons (Fsp3) is 0.273. The summed E-state index contributed by atoms with van der Waals surface area (Å²) in [6.45, 7) is -0.419. The zero-order chi connectivity index (χ0) is 14.3. The van der Waals surface area contributed by atoms with E-state index in [0.717, 1.165) is 5.56 Å². The molecule has 0 saturated heterocycles. The van der Waals surface area contributed by atoms with Crippen LogP contribution < -0.4 is 5.32 Å². The van der Waals surface area contributed by atoms with E-state index in [-0.39, 0.29) is 6.61 Å². The second-order valence-corrected chi connectivity index (χ2v) is 5.42. The molecule has 0 aliphatic rings. The molecule has 0 atom stereocenters. The highest BCUT2D eigenvalue weighted by Gasteiger charge is 2.19. The summed E-state index contributed by atoms with van der Waals surface area (Å²) < 4.78 is 15.3. The smallest absolute Gasteiger partial charge is 0.407 e. The number of benzene rings is 1. The highest BCUT2D eigenvalue weighted by molar-refractivity contribution is 7.52. The maximum absolute atomic E-state index is 11.2. The lowest BCUT2D eigenvalue weighted by atomic mass is 10.2. The fourth-order valence-corrected chi connectivity index (χ4v) is 1.80. The van der Waals surface area contributed by atoms with E-state index in [2.05, 4.69) is 5.32 Å². The number of Topliss-reactive ketones (excluding diaryl/α,β-unsaturated/α-hetero) is 1. The molecule has 8 heteroatoms. The number of carbonyl (C=O) groups is 2. The van der Waals surface area contributed by atoms with Crippen molar-refractivity contribution in [2.45, 2.75) is 6.61 Å². The first kappa shape index (κ1) is 15.4. The summed E-state index contributed by atoms with van der Waals surface area (Å²) in [5.74, 6) is -0.759. The molecule has 0 aliphatic carbocycles. The Hall–Kier alpha value is -1.69. The van der Waals surface area contributed by atoms with E-state index in [9.17, 15) is 14.2 Å². The third kappa shape index (κ3) is 7.35. The average molecular weight is 287 g/mol. The third-order valence-corrected chi connectivity index (χ3v) is 2.79. The van der Waals surface area contributed by atoms with Crippen LogP contribution in [-0.2, 0) is 20.7 Å². The number of amides is 1. The molecule has 0 bridgehead atoms. The molecule has 0 aromatic heterocycles. The predicted molar refractivity (Wildman–Crippen MR) is 66.5 cm³/mol. The number of alkyl carbamates (subject to hydrolysis) is 1. The van der Waals surface area contributed by atoms with E-state index in [0.29, 0.717) is 0 Å². The van der Waals surface area contributed by atoms with Crippen molar-refractivity contribution in [3.8, 4) is 0 Å². The van der Waals surface area contributed by atoms with Crippen LogP contribution in [0.5, 0.6) is 0 Å². The number of rotatable bonds is 6. The first-order valence-electron chi connectivity index (χ1n) is 5.37. The fourth-order valence-electron chi connectivity index (χ4n) is 1.23. The van der Waals surface area contributed by atoms with Gasteiger partial charge < -0.3 is 19.8 Å². The SMILES string of the molecule is O=C(CNC(=O)OCc1ccccc1)CP(=O)(O)O. The van der Waals surface area contributed by atoms with Crippen LogP contribution in [0, 0.1) is 0 Å². The van der Waals surface area contributed by atoms with Crippen molar-refractivity contribution in [2.24, 2.45) is 0 Å². The Morgan fingerprint density at radius 3 is 2.42 bits per heavy atom. The Labute approximate surface area is 109 Å². The number of ketones is 1. The minimum Gasteiger partial charge on any atom is -0.445 e. The van der Waals surface area contributed by atoms with Gasteiger partial charge in [0, 0.05) is 0 Å². The minimum atomic E-state index is -4.39. The highest BCUT2D eigenvalue weighted by Crippen LogP contribution is 2.33. The van der Waals surface area contributed by atoms with Crippen molar-refractivity contribution in [3.63, 3.8) is 0 Å². The lowest BCUT2D eigenvalue weighted by molar-refractivity contribution is -0.116. The standard InChI is InChI=1S/C11H14NO6P/c13-10(8-19(15,16)17)6-12-11(14)18-7-9-4-2-1-3-5-9/h1-5H,6-8H2,(H,12,14)(H2,15,16,17). The van der Waals surface area contributed by atoms with Crippen LogP contribution in [0.3, 0.4) is 0 Å². The number of hydrogen-bond acceptors (Lipinski definition) is 4. The summed E-state index contributed by atoms with van der Waals surface area (Å²) in [6.07, 6.45) is -1.71. The quantitative estimate of drug-likeness (QED) is 0.662. The van der Waals surface area contributed by atoms with Gasteiger partial charge in [-0.3, -0.25) is 9.36 Å². The van der Waals surface area contributed by atoms with Crippen molar-refractivity contribution >= 4 is 19.5 Å². The summed E-state index contributed by atoms with van der Waals surface area (Å²) in [5.41, 5.74) is 0.791. The van der Waals surface area contributed by atoms with E-state index in [1.54, 1.807) is 24.3 Å². The maximum atomic E-state index is 11.2. The Morgan fingerprint density at radius 1 is 1.21 bits per heavy atom. The number of nitrogens with one attached hydrogen (secondary N) is 1. The van der Waals surface area contributed by atoms with Crippen LogP contribution in [0.4, 0.5) is 4.79 Å². The maximum Gasteiger partial charge on any atom is 0.407 e. The van der Waals surface area contributed by atoms with Crippen LogP contribution in [0.1, 0.15) is 5.56 Å². The van der Waals surface area contributed by atoms with Crippen LogP contribution >= 0.6 is 7.60 Å². The van der Waals surface area contributed by atoms with Crippen molar-refractivity contribution in [1.82, 2.24) is 5.32 Å². The molecule has 0 saturated carbocycles. The highest BCUT2D eigenvalue weighted by atomic mass is 31.2. The molecule has 1 aromatic carbocycles. The van der Waals surface area contributed by atoms with Gasteiger partial charge in [-0.05, 0) is 5.56 Å². The molecule has 0 aliphatic heterocycles. The zero-order valence-electron chi connectivity index (χ0n) is 9.98. The number of hydrogen-bond donors (Lipinski definition) is 3. The lowest BCUT2D eigenvalue weighted by Gasteiger charge is -2.07. The first-order valence-corrected chi connectivity index (χ1v) is 7.17. The average Bonchev–Trinajstić information content (AvgIpc) is 2.33. The van der Waals surface area contributed by atoms with Gasteiger partial charge in [-0.15, -0.1) is 0 Å². The van der Waals surface area contributed by atoms with Crippen molar-refractivity contribution in [1.29, 1.82) is 0 Å². The van der Waals surface area contributed by atoms with Crippen molar-refractivity contribution < 1.29 is 28.7 Å². The Kier molecular flexibility index (Phi) is 5.69. The Bertz CT molecular complexity index is 483. The molecular weight excluding hydrogens is 273 g/mol. The van der Waals surface area contributed by atoms with Gasteiger partial charge in [-0.1, -0.05) is 30.3 Å². The van der Waals surface area contributed by atoms with Crippen molar-refractivity contribution in [3.05, 3.63) is 35.9 Å². The summed E-state index contributed by atoms with van der Waals surface area (Å²) in [5, 5.41) is 2.12. The molecule has 0 fully saturated rings. The van der Waals surface area contributed by atoms with Gasteiger partial charge in [0.1, 0.15) is 12.8 Å². The van der Waals surface area contributed by atoms with Gasteiger partial charge in [0.2, 0.25) is 0 Å². The van der Waals surface area contributed by atoms with Gasteiger partial charge in [0.25, 0.3) is 0 Å². The number of ether oxygens (including phenoxy) is 1. The first-order chi connectivity index (χ1) is 8.87. The summed E-state index contributed by atoms with van der Waals surface area (Å²) in [4.78, 5) is 39.4. The summed E-state index contributed by atoms with van der Waals surface area (Å²) >= 11 is 0. The van der Waals surface area contributed by atoms with Crippen LogP contribution in [0.2, 0.25) is 0 Å². The molecule has 1 amide bonds. The Morgan fingerprint density at radius 2 is 1.84 bits per heavy atom. The van der Waals surface area contributed by atoms with E-state index in [4.69, 9.17) is 14.5 Å². The van der Waals surface area contributed by atoms with Gasteiger partial charge in [0.05, 0.1) is 6.54 Å². The molecule has 19 heavy (non-hydrogen) atoms. The van der Waals surface area contributed by atoms with E-state index < -0.39 is 32.2 Å². The summed E-state index contributed by atoms with van der Waals surface area (Å²) in [6, 6.07) is 8.95. The van der Waals surface area contributed by atoms with E-state index in [1.165, 1.54) is 0 Å². The molecule has 7 nitrogen and oxygen atoms in total. The summed E-state index contributed by atoms with van der Waals surface area (Å²) in [7, 11) is -4.39.